The minimum Gasteiger partial charge on any atom is -0.326 e. The third-order valence-corrected chi connectivity index (χ3v) is 4.88. The Bertz CT molecular complexity index is 1170. The highest BCUT2D eigenvalue weighted by atomic mass is 16.6. The molecule has 1 heterocycles. The van der Waals surface area contributed by atoms with Crippen LogP contribution in [0.5, 0.6) is 0 Å². The van der Waals surface area contributed by atoms with E-state index in [1.165, 1.54) is 6.92 Å². The van der Waals surface area contributed by atoms with Crippen molar-refractivity contribution in [3.8, 4) is 0 Å². The van der Waals surface area contributed by atoms with Crippen LogP contribution in [0.25, 0.3) is 0 Å². The Kier molecular flexibility index (Phi) is 6.15. The Morgan fingerprint density at radius 1 is 1.06 bits per heavy atom. The monoisotopic (exact) mass is 421 g/mol. The van der Waals surface area contributed by atoms with E-state index in [0.717, 1.165) is 11.1 Å². The summed E-state index contributed by atoms with van der Waals surface area (Å²) in [6.45, 7) is 6.92. The van der Waals surface area contributed by atoms with E-state index >= 15 is 0 Å². The van der Waals surface area contributed by atoms with E-state index in [1.807, 2.05) is 13.0 Å². The summed E-state index contributed by atoms with van der Waals surface area (Å²) in [6, 6.07) is 12.3. The summed E-state index contributed by atoms with van der Waals surface area (Å²) >= 11 is 0. The van der Waals surface area contributed by atoms with Crippen LogP contribution in [0.3, 0.4) is 0 Å². The SMILES string of the molecule is CC(=O)Nc1ccc(C)c(NC(=O)c2ccc(Cn3nc(C)c([N+](=O)[O-])c3C)cc2)c1. The van der Waals surface area contributed by atoms with Gasteiger partial charge in [-0.1, -0.05) is 18.2 Å². The lowest BCUT2D eigenvalue weighted by atomic mass is 10.1. The lowest BCUT2D eigenvalue weighted by molar-refractivity contribution is -0.386. The highest BCUT2D eigenvalue weighted by Crippen LogP contribution is 2.23. The van der Waals surface area contributed by atoms with Crippen molar-refractivity contribution in [1.29, 1.82) is 0 Å². The average Bonchev–Trinajstić information content (AvgIpc) is 2.97. The Morgan fingerprint density at radius 3 is 2.32 bits per heavy atom. The molecule has 160 valence electrons. The van der Waals surface area contributed by atoms with E-state index in [2.05, 4.69) is 15.7 Å². The molecule has 3 aromatic rings. The number of aryl methyl sites for hydroxylation is 2. The molecule has 2 aromatic carbocycles. The second-order valence-corrected chi connectivity index (χ2v) is 7.30. The quantitative estimate of drug-likeness (QED) is 0.461. The molecule has 0 saturated carbocycles. The number of carbonyl (C=O) groups is 2. The van der Waals surface area contributed by atoms with E-state index in [-0.39, 0.29) is 17.5 Å². The molecule has 31 heavy (non-hydrogen) atoms. The standard InChI is InChI=1S/C22H23N5O4/c1-13-5-10-19(23-16(4)28)11-20(13)24-22(29)18-8-6-17(7-9-18)12-26-15(3)21(27(30)31)14(2)25-26/h5-11H,12H2,1-4H3,(H,23,28)(H,24,29). The van der Waals surface area contributed by atoms with Crippen LogP contribution in [-0.4, -0.2) is 26.5 Å². The van der Waals surface area contributed by atoms with Gasteiger partial charge in [-0.15, -0.1) is 0 Å². The molecule has 0 unspecified atom stereocenters. The summed E-state index contributed by atoms with van der Waals surface area (Å²) in [7, 11) is 0. The van der Waals surface area contributed by atoms with Crippen molar-refractivity contribution in [2.75, 3.05) is 10.6 Å². The molecule has 0 saturated heterocycles. The van der Waals surface area contributed by atoms with Crippen molar-refractivity contribution in [2.45, 2.75) is 34.2 Å². The first-order valence-electron chi connectivity index (χ1n) is 9.62. The average molecular weight is 421 g/mol. The molecule has 0 fully saturated rings. The highest BCUT2D eigenvalue weighted by Gasteiger charge is 2.21. The molecule has 0 atom stereocenters. The number of hydrogen-bond donors (Lipinski definition) is 2. The van der Waals surface area contributed by atoms with Gasteiger partial charge in [0.2, 0.25) is 5.91 Å². The lowest BCUT2D eigenvalue weighted by Crippen LogP contribution is -2.14. The summed E-state index contributed by atoms with van der Waals surface area (Å²) in [4.78, 5) is 34.6. The van der Waals surface area contributed by atoms with Gasteiger partial charge in [-0.05, 0) is 56.2 Å². The molecule has 2 amide bonds. The number of hydrogen-bond acceptors (Lipinski definition) is 5. The van der Waals surface area contributed by atoms with Crippen LogP contribution in [0.2, 0.25) is 0 Å². The number of nitrogens with zero attached hydrogens (tertiary/aromatic N) is 3. The molecular formula is C22H23N5O4. The molecule has 0 radical (unpaired) electrons. The van der Waals surface area contributed by atoms with Gasteiger partial charge in [0.1, 0.15) is 11.4 Å². The number of carbonyl (C=O) groups excluding carboxylic acids is 2. The summed E-state index contributed by atoms with van der Waals surface area (Å²) in [6.07, 6.45) is 0. The molecule has 9 heteroatoms. The first kappa shape index (κ1) is 21.7. The maximum Gasteiger partial charge on any atom is 0.312 e. The predicted molar refractivity (Wildman–Crippen MR) is 117 cm³/mol. The van der Waals surface area contributed by atoms with Crippen LogP contribution in [0.1, 0.15) is 39.8 Å². The van der Waals surface area contributed by atoms with Crippen molar-refractivity contribution < 1.29 is 14.5 Å². The fourth-order valence-corrected chi connectivity index (χ4v) is 3.27. The molecule has 2 N–H and O–H groups in total. The molecular weight excluding hydrogens is 398 g/mol. The van der Waals surface area contributed by atoms with Crippen LogP contribution in [0, 0.1) is 30.9 Å². The Balaban J connectivity index is 1.73. The zero-order chi connectivity index (χ0) is 22.7. The highest BCUT2D eigenvalue weighted by molar-refractivity contribution is 6.05. The lowest BCUT2D eigenvalue weighted by Gasteiger charge is -2.11. The Hall–Kier alpha value is -4.01. The largest absolute Gasteiger partial charge is 0.326 e. The van der Waals surface area contributed by atoms with E-state index in [1.54, 1.807) is 54.9 Å². The van der Waals surface area contributed by atoms with Crippen molar-refractivity contribution >= 4 is 28.9 Å². The molecule has 3 rings (SSSR count). The van der Waals surface area contributed by atoms with Crippen LogP contribution in [0.4, 0.5) is 17.1 Å². The molecule has 0 aliphatic rings. The molecule has 9 nitrogen and oxygen atoms in total. The summed E-state index contributed by atoms with van der Waals surface area (Å²) in [5, 5.41) is 21.0. The number of nitro groups is 1. The minimum absolute atomic E-state index is 0.0212. The molecule has 1 aromatic heterocycles. The number of anilines is 2. The van der Waals surface area contributed by atoms with Crippen LogP contribution in [-0.2, 0) is 11.3 Å². The van der Waals surface area contributed by atoms with E-state index < -0.39 is 4.92 Å². The number of benzene rings is 2. The van der Waals surface area contributed by atoms with Gasteiger partial charge in [0.25, 0.3) is 5.91 Å². The van der Waals surface area contributed by atoms with Crippen molar-refractivity contribution in [1.82, 2.24) is 9.78 Å². The van der Waals surface area contributed by atoms with E-state index in [0.29, 0.717) is 34.9 Å². The topological polar surface area (TPSA) is 119 Å². The Morgan fingerprint density at radius 2 is 1.74 bits per heavy atom. The van der Waals surface area contributed by atoms with Gasteiger partial charge in [-0.25, -0.2) is 0 Å². The number of nitrogens with one attached hydrogen (secondary N) is 2. The van der Waals surface area contributed by atoms with Crippen molar-refractivity contribution in [3.63, 3.8) is 0 Å². The summed E-state index contributed by atoms with van der Waals surface area (Å²) in [5.74, 6) is -0.471. The second-order valence-electron chi connectivity index (χ2n) is 7.30. The number of amides is 2. The van der Waals surface area contributed by atoms with Gasteiger partial charge in [-0.2, -0.15) is 5.10 Å². The fourth-order valence-electron chi connectivity index (χ4n) is 3.27. The van der Waals surface area contributed by atoms with E-state index in [4.69, 9.17) is 0 Å². The van der Waals surface area contributed by atoms with E-state index in [9.17, 15) is 19.7 Å². The summed E-state index contributed by atoms with van der Waals surface area (Å²) < 4.78 is 1.58. The smallest absolute Gasteiger partial charge is 0.312 e. The third kappa shape index (κ3) is 4.95. The third-order valence-electron chi connectivity index (χ3n) is 4.88. The normalized spacial score (nSPS) is 10.6. The molecule has 0 bridgehead atoms. The van der Waals surface area contributed by atoms with Crippen LogP contribution >= 0.6 is 0 Å². The zero-order valence-electron chi connectivity index (χ0n) is 17.7. The first-order chi connectivity index (χ1) is 14.7. The van der Waals surface area contributed by atoms with Crippen molar-refractivity contribution in [2.24, 2.45) is 0 Å². The van der Waals surface area contributed by atoms with Gasteiger partial charge >= 0.3 is 5.69 Å². The van der Waals surface area contributed by atoms with Gasteiger partial charge in [0.15, 0.2) is 0 Å². The van der Waals surface area contributed by atoms with Gasteiger partial charge in [0.05, 0.1) is 11.5 Å². The van der Waals surface area contributed by atoms with Crippen LogP contribution in [0.15, 0.2) is 42.5 Å². The molecule has 0 spiro atoms. The van der Waals surface area contributed by atoms with Gasteiger partial charge < -0.3 is 10.6 Å². The van der Waals surface area contributed by atoms with Crippen molar-refractivity contribution in [3.05, 3.63) is 80.7 Å². The Labute approximate surface area is 179 Å². The number of aromatic nitrogens is 2. The van der Waals surface area contributed by atoms with Crippen LogP contribution < -0.4 is 10.6 Å². The molecule has 0 aliphatic heterocycles. The van der Waals surface area contributed by atoms with Gasteiger partial charge in [0, 0.05) is 23.9 Å². The fraction of sp³-hybridized carbons (Fsp3) is 0.227. The second kappa shape index (κ2) is 8.78. The molecule has 0 aliphatic carbocycles. The maximum absolute atomic E-state index is 12.7. The summed E-state index contributed by atoms with van der Waals surface area (Å²) in [5.41, 5.74) is 4.28. The minimum atomic E-state index is -0.426. The first-order valence-corrected chi connectivity index (χ1v) is 9.62. The zero-order valence-corrected chi connectivity index (χ0v) is 17.7. The maximum atomic E-state index is 12.7. The number of rotatable bonds is 6. The predicted octanol–water partition coefficient (Wildman–Crippen LogP) is 3.98. The van der Waals surface area contributed by atoms with Gasteiger partial charge in [-0.3, -0.25) is 24.4 Å².